The third-order valence-corrected chi connectivity index (χ3v) is 5.24. The Labute approximate surface area is 171 Å². The molecule has 1 aromatic heterocycles. The first-order valence-corrected chi connectivity index (χ1v) is 9.54. The minimum absolute atomic E-state index is 0.0346. The van der Waals surface area contributed by atoms with Gasteiger partial charge >= 0.3 is 5.97 Å². The van der Waals surface area contributed by atoms with E-state index >= 15 is 0 Å². The van der Waals surface area contributed by atoms with Gasteiger partial charge in [-0.3, -0.25) is 4.79 Å². The quantitative estimate of drug-likeness (QED) is 0.606. The molecule has 0 bridgehead atoms. The lowest BCUT2D eigenvalue weighted by Gasteiger charge is -2.07. The van der Waals surface area contributed by atoms with E-state index in [1.165, 1.54) is 23.5 Å². The summed E-state index contributed by atoms with van der Waals surface area (Å²) in [7, 11) is 1.58. The molecule has 3 rings (SSSR count). The molecule has 1 N–H and O–H groups in total. The number of hydrogen-bond acceptors (Lipinski definition) is 6. The zero-order valence-corrected chi connectivity index (χ0v) is 16.9. The van der Waals surface area contributed by atoms with E-state index in [-0.39, 0.29) is 5.69 Å². The van der Waals surface area contributed by atoms with Gasteiger partial charge in [-0.2, -0.15) is 0 Å². The van der Waals surface area contributed by atoms with Crippen LogP contribution < -0.4 is 10.1 Å². The van der Waals surface area contributed by atoms with Crippen LogP contribution in [-0.2, 0) is 9.53 Å². The Bertz CT molecular complexity index is 1050. The second-order valence-corrected chi connectivity index (χ2v) is 7.27. The van der Waals surface area contributed by atoms with Gasteiger partial charge in [0.15, 0.2) is 6.61 Å². The van der Waals surface area contributed by atoms with Crippen molar-refractivity contribution < 1.29 is 23.5 Å². The van der Waals surface area contributed by atoms with Gasteiger partial charge in [-0.05, 0) is 55.8 Å². The summed E-state index contributed by atoms with van der Waals surface area (Å²) in [5, 5.41) is 3.04. The fraction of sp³-hybridized carbons (Fsp3) is 0.190. The standard InChI is InChI=1S/C21H19FN2O4S/c1-12-4-9-17(16(22)10-12)24-18(25)11-28-21(26)19-13(2)23-20(29-19)14-5-7-15(27-3)8-6-14/h4-10H,11H2,1-3H3,(H,24,25). The smallest absolute Gasteiger partial charge is 0.350 e. The molecule has 8 heteroatoms. The van der Waals surface area contributed by atoms with E-state index in [4.69, 9.17) is 9.47 Å². The first kappa shape index (κ1) is 20.5. The number of amides is 1. The Morgan fingerprint density at radius 2 is 1.86 bits per heavy atom. The van der Waals surface area contributed by atoms with Crippen LogP contribution in [0.4, 0.5) is 10.1 Å². The van der Waals surface area contributed by atoms with Crippen LogP contribution in [0.25, 0.3) is 10.6 Å². The summed E-state index contributed by atoms with van der Waals surface area (Å²) in [6.07, 6.45) is 0. The van der Waals surface area contributed by atoms with Crippen LogP contribution in [0.2, 0.25) is 0 Å². The fourth-order valence-corrected chi connectivity index (χ4v) is 3.51. The van der Waals surface area contributed by atoms with Crippen LogP contribution in [0.3, 0.4) is 0 Å². The molecule has 29 heavy (non-hydrogen) atoms. The number of benzene rings is 2. The molecule has 150 valence electrons. The van der Waals surface area contributed by atoms with Crippen molar-refractivity contribution in [1.29, 1.82) is 0 Å². The molecule has 6 nitrogen and oxygen atoms in total. The Hall–Kier alpha value is -3.26. The van der Waals surface area contributed by atoms with Crippen molar-refractivity contribution in [2.24, 2.45) is 0 Å². The van der Waals surface area contributed by atoms with Gasteiger partial charge in [0, 0.05) is 5.56 Å². The van der Waals surface area contributed by atoms with Gasteiger partial charge in [-0.25, -0.2) is 14.2 Å². The van der Waals surface area contributed by atoms with Crippen LogP contribution in [0, 0.1) is 19.7 Å². The number of carbonyl (C=O) groups is 2. The Morgan fingerprint density at radius 1 is 1.14 bits per heavy atom. The maximum absolute atomic E-state index is 13.8. The topological polar surface area (TPSA) is 77.5 Å². The van der Waals surface area contributed by atoms with E-state index in [1.807, 2.05) is 12.1 Å². The van der Waals surface area contributed by atoms with Crippen molar-refractivity contribution in [2.75, 3.05) is 19.0 Å². The van der Waals surface area contributed by atoms with Gasteiger partial charge in [0.25, 0.3) is 5.91 Å². The van der Waals surface area contributed by atoms with E-state index in [0.717, 1.165) is 16.9 Å². The number of hydrogen-bond donors (Lipinski definition) is 1. The molecule has 0 atom stereocenters. The van der Waals surface area contributed by atoms with E-state index < -0.39 is 24.3 Å². The number of nitrogens with one attached hydrogen (secondary N) is 1. The number of aryl methyl sites for hydroxylation is 2. The highest BCUT2D eigenvalue weighted by atomic mass is 32.1. The van der Waals surface area contributed by atoms with Crippen LogP contribution >= 0.6 is 11.3 Å². The molecule has 0 aliphatic heterocycles. The lowest BCUT2D eigenvalue weighted by Crippen LogP contribution is -2.21. The molecule has 1 heterocycles. The number of aromatic nitrogens is 1. The molecule has 0 unspecified atom stereocenters. The van der Waals surface area contributed by atoms with Gasteiger partial charge in [0.1, 0.15) is 21.5 Å². The van der Waals surface area contributed by atoms with E-state index in [0.29, 0.717) is 15.6 Å². The first-order chi connectivity index (χ1) is 13.9. The fourth-order valence-electron chi connectivity index (χ4n) is 2.55. The van der Waals surface area contributed by atoms with Gasteiger partial charge in [0.05, 0.1) is 18.5 Å². The zero-order chi connectivity index (χ0) is 21.0. The molecule has 0 fully saturated rings. The SMILES string of the molecule is COc1ccc(-c2nc(C)c(C(=O)OCC(=O)Nc3ccc(C)cc3F)s2)cc1. The minimum atomic E-state index is -0.653. The predicted molar refractivity (Wildman–Crippen MR) is 109 cm³/mol. The maximum atomic E-state index is 13.8. The van der Waals surface area contributed by atoms with Crippen LogP contribution in [0.1, 0.15) is 20.9 Å². The number of carbonyl (C=O) groups excluding carboxylic acids is 2. The van der Waals surface area contributed by atoms with E-state index in [9.17, 15) is 14.0 Å². The average Bonchev–Trinajstić information content (AvgIpc) is 3.10. The minimum Gasteiger partial charge on any atom is -0.497 e. The summed E-state index contributed by atoms with van der Waals surface area (Å²) in [6.45, 7) is 2.91. The molecule has 2 aromatic carbocycles. The molecule has 0 radical (unpaired) electrons. The Kier molecular flexibility index (Phi) is 6.23. The molecular formula is C21H19FN2O4S. The number of nitrogens with zero attached hydrogens (tertiary/aromatic N) is 1. The highest BCUT2D eigenvalue weighted by Gasteiger charge is 2.19. The van der Waals surface area contributed by atoms with Gasteiger partial charge in [-0.1, -0.05) is 6.07 Å². The molecule has 0 saturated carbocycles. The molecule has 0 aliphatic rings. The van der Waals surface area contributed by atoms with E-state index in [2.05, 4.69) is 10.3 Å². The van der Waals surface area contributed by atoms with Gasteiger partial charge in [0.2, 0.25) is 0 Å². The number of rotatable bonds is 6. The van der Waals surface area contributed by atoms with Crippen molar-refractivity contribution in [2.45, 2.75) is 13.8 Å². The summed E-state index contributed by atoms with van der Waals surface area (Å²) < 4.78 is 24.0. The molecule has 1 amide bonds. The maximum Gasteiger partial charge on any atom is 0.350 e. The molecule has 0 spiro atoms. The third kappa shape index (κ3) is 4.97. The summed E-state index contributed by atoms with van der Waals surface area (Å²) in [5.74, 6) is -1.11. The molecular weight excluding hydrogens is 395 g/mol. The number of anilines is 1. The Morgan fingerprint density at radius 3 is 2.52 bits per heavy atom. The molecule has 0 aliphatic carbocycles. The lowest BCUT2D eigenvalue weighted by molar-refractivity contribution is -0.119. The van der Waals surface area contributed by atoms with Crippen molar-refractivity contribution in [3.8, 4) is 16.3 Å². The number of esters is 1. The number of halogens is 1. The number of thiazole rings is 1. The summed E-state index contributed by atoms with van der Waals surface area (Å²) in [6, 6.07) is 11.7. The summed E-state index contributed by atoms with van der Waals surface area (Å²) >= 11 is 1.18. The van der Waals surface area contributed by atoms with E-state index in [1.54, 1.807) is 39.2 Å². The molecule has 3 aromatic rings. The average molecular weight is 414 g/mol. The van der Waals surface area contributed by atoms with Gasteiger partial charge in [-0.15, -0.1) is 11.3 Å². The highest BCUT2D eigenvalue weighted by Crippen LogP contribution is 2.29. The monoisotopic (exact) mass is 414 g/mol. The van der Waals surface area contributed by atoms with Crippen molar-refractivity contribution in [3.05, 3.63) is 64.4 Å². The second kappa shape index (κ2) is 8.83. The Balaban J connectivity index is 1.63. The van der Waals surface area contributed by atoms with Crippen LogP contribution in [0.15, 0.2) is 42.5 Å². The third-order valence-electron chi connectivity index (χ3n) is 4.05. The first-order valence-electron chi connectivity index (χ1n) is 8.72. The number of methoxy groups -OCH3 is 1. The van der Waals surface area contributed by atoms with Gasteiger partial charge < -0.3 is 14.8 Å². The summed E-state index contributed by atoms with van der Waals surface area (Å²) in [4.78, 5) is 29.0. The predicted octanol–water partition coefficient (Wildman–Crippen LogP) is 4.37. The van der Waals surface area contributed by atoms with Crippen molar-refractivity contribution in [1.82, 2.24) is 4.98 Å². The van der Waals surface area contributed by atoms with Crippen LogP contribution in [0.5, 0.6) is 5.75 Å². The normalized spacial score (nSPS) is 10.5. The molecule has 0 saturated heterocycles. The van der Waals surface area contributed by atoms with Crippen LogP contribution in [-0.4, -0.2) is 30.6 Å². The lowest BCUT2D eigenvalue weighted by atomic mass is 10.2. The zero-order valence-electron chi connectivity index (χ0n) is 16.1. The number of ether oxygens (including phenoxy) is 2. The largest absolute Gasteiger partial charge is 0.497 e. The summed E-state index contributed by atoms with van der Waals surface area (Å²) in [5.41, 5.74) is 2.12. The van der Waals surface area contributed by atoms with Crippen molar-refractivity contribution in [3.63, 3.8) is 0 Å². The second-order valence-electron chi connectivity index (χ2n) is 6.27. The van der Waals surface area contributed by atoms with Crippen molar-refractivity contribution >= 4 is 28.9 Å². The highest BCUT2D eigenvalue weighted by molar-refractivity contribution is 7.17.